The lowest BCUT2D eigenvalue weighted by atomic mass is 9.90. The average molecular weight is 293 g/mol. The number of aliphatic carboxylic acids is 1. The Morgan fingerprint density at radius 3 is 3.05 bits per heavy atom. The van der Waals surface area contributed by atoms with Gasteiger partial charge < -0.3 is 5.11 Å². The zero-order valence-electron chi connectivity index (χ0n) is 10.6. The molecule has 100 valence electrons. The minimum atomic E-state index is -0.781. The van der Waals surface area contributed by atoms with Crippen LogP contribution >= 0.6 is 21.6 Å². The van der Waals surface area contributed by atoms with Crippen LogP contribution in [0.4, 0.5) is 0 Å². The van der Waals surface area contributed by atoms with E-state index in [9.17, 15) is 4.79 Å². The van der Waals surface area contributed by atoms with E-state index < -0.39 is 5.97 Å². The van der Waals surface area contributed by atoms with Crippen LogP contribution < -0.4 is 0 Å². The third-order valence-electron chi connectivity index (χ3n) is 2.91. The molecule has 0 amide bonds. The molecule has 2 rings (SSSR count). The van der Waals surface area contributed by atoms with Crippen molar-refractivity contribution in [3.05, 3.63) is 48.2 Å². The van der Waals surface area contributed by atoms with Crippen molar-refractivity contribution in [2.45, 2.75) is 29.5 Å². The Balaban J connectivity index is 2.06. The molecule has 3 nitrogen and oxygen atoms in total. The van der Waals surface area contributed by atoms with Crippen LogP contribution in [0.2, 0.25) is 0 Å². The van der Waals surface area contributed by atoms with Crippen molar-refractivity contribution in [3.63, 3.8) is 0 Å². The number of carboxylic acids is 1. The van der Waals surface area contributed by atoms with Gasteiger partial charge in [0.25, 0.3) is 0 Å². The largest absolute Gasteiger partial charge is 0.481 e. The number of aromatic nitrogens is 1. The van der Waals surface area contributed by atoms with E-state index in [2.05, 4.69) is 18.0 Å². The number of hydrogen-bond donors (Lipinski definition) is 1. The van der Waals surface area contributed by atoms with Gasteiger partial charge in [0.1, 0.15) is 5.03 Å². The smallest absolute Gasteiger partial charge is 0.307 e. The second-order valence-electron chi connectivity index (χ2n) is 4.46. The summed E-state index contributed by atoms with van der Waals surface area (Å²) in [6, 6.07) is 5.79. The van der Waals surface area contributed by atoms with Gasteiger partial charge in [0.2, 0.25) is 0 Å². The first-order valence-electron chi connectivity index (χ1n) is 5.95. The van der Waals surface area contributed by atoms with Crippen LogP contribution in [0.5, 0.6) is 0 Å². The maximum atomic E-state index is 10.9. The molecule has 0 saturated heterocycles. The van der Waals surface area contributed by atoms with Gasteiger partial charge in [-0.3, -0.25) is 4.79 Å². The molecule has 19 heavy (non-hydrogen) atoms. The fourth-order valence-corrected chi connectivity index (χ4v) is 4.36. The Morgan fingerprint density at radius 1 is 1.53 bits per heavy atom. The molecule has 1 aliphatic rings. The Kier molecular flexibility index (Phi) is 4.71. The number of hydrogen-bond acceptors (Lipinski definition) is 4. The van der Waals surface area contributed by atoms with Gasteiger partial charge in [0.05, 0.1) is 6.42 Å². The van der Waals surface area contributed by atoms with Gasteiger partial charge in [0, 0.05) is 10.9 Å². The summed E-state index contributed by atoms with van der Waals surface area (Å²) in [6.45, 7) is 2.09. The fourth-order valence-electron chi connectivity index (χ4n) is 1.81. The maximum Gasteiger partial charge on any atom is 0.307 e. The standard InChI is InChI=1S/C14H15NO2S2/c1-14(19-18-12-7-3-5-9-15-12)8-4-2-6-11(14)10-13(16)17/h2-7,9H,8,10H2,1H3,(H,16,17). The predicted molar refractivity (Wildman–Crippen MR) is 80.2 cm³/mol. The topological polar surface area (TPSA) is 50.2 Å². The van der Waals surface area contributed by atoms with E-state index in [0.29, 0.717) is 0 Å². The summed E-state index contributed by atoms with van der Waals surface area (Å²) >= 11 is 0. The first-order chi connectivity index (χ1) is 9.10. The van der Waals surface area contributed by atoms with E-state index in [1.807, 2.05) is 30.4 Å². The third-order valence-corrected chi connectivity index (χ3v) is 6.07. The Hall–Kier alpha value is -1.20. The third kappa shape index (κ3) is 3.88. The second kappa shape index (κ2) is 6.30. The van der Waals surface area contributed by atoms with E-state index in [1.165, 1.54) is 0 Å². The SMILES string of the molecule is CC1(SSc2ccccn2)CC=CC=C1CC(=O)O. The van der Waals surface area contributed by atoms with Crippen LogP contribution in [0.25, 0.3) is 0 Å². The van der Waals surface area contributed by atoms with Crippen LogP contribution in [0, 0.1) is 0 Å². The summed E-state index contributed by atoms with van der Waals surface area (Å²) in [4.78, 5) is 15.2. The second-order valence-corrected chi connectivity index (χ2v) is 7.11. The lowest BCUT2D eigenvalue weighted by molar-refractivity contribution is -0.136. The zero-order valence-corrected chi connectivity index (χ0v) is 12.2. The molecule has 0 spiro atoms. The summed E-state index contributed by atoms with van der Waals surface area (Å²) < 4.78 is -0.185. The zero-order chi connectivity index (χ0) is 13.7. The summed E-state index contributed by atoms with van der Waals surface area (Å²) in [5.41, 5.74) is 0.955. The molecule has 1 unspecified atom stereocenters. The molecular weight excluding hydrogens is 278 g/mol. The van der Waals surface area contributed by atoms with E-state index in [-0.39, 0.29) is 11.2 Å². The van der Waals surface area contributed by atoms with Gasteiger partial charge in [-0.05, 0) is 41.8 Å². The lowest BCUT2D eigenvalue weighted by Crippen LogP contribution is -2.25. The Labute approximate surface area is 120 Å². The van der Waals surface area contributed by atoms with E-state index >= 15 is 0 Å². The lowest BCUT2D eigenvalue weighted by Gasteiger charge is -2.31. The molecule has 0 fully saturated rings. The molecule has 1 aromatic rings. The van der Waals surface area contributed by atoms with Crippen molar-refractivity contribution < 1.29 is 9.90 Å². The van der Waals surface area contributed by atoms with Crippen molar-refractivity contribution in [1.82, 2.24) is 4.98 Å². The molecule has 1 aromatic heterocycles. The summed E-state index contributed by atoms with van der Waals surface area (Å²) in [7, 11) is 3.27. The van der Waals surface area contributed by atoms with Crippen LogP contribution in [0.15, 0.2) is 53.2 Å². The molecule has 1 aliphatic carbocycles. The predicted octanol–water partition coefficient (Wildman–Crippen LogP) is 3.94. The summed E-state index contributed by atoms with van der Waals surface area (Å²) in [5.74, 6) is -0.781. The highest BCUT2D eigenvalue weighted by Crippen LogP contribution is 2.48. The molecule has 0 aliphatic heterocycles. The number of carboxylic acid groups (broad SMARTS) is 1. The van der Waals surface area contributed by atoms with Crippen molar-refractivity contribution >= 4 is 27.6 Å². The highest BCUT2D eigenvalue weighted by molar-refractivity contribution is 8.77. The van der Waals surface area contributed by atoms with Crippen LogP contribution in [0.1, 0.15) is 19.8 Å². The summed E-state index contributed by atoms with van der Waals surface area (Å²) in [6.07, 6.45) is 8.64. The molecule has 0 aromatic carbocycles. The van der Waals surface area contributed by atoms with Crippen molar-refractivity contribution in [2.75, 3.05) is 0 Å². The Morgan fingerprint density at radius 2 is 2.37 bits per heavy atom. The number of rotatable bonds is 5. The molecule has 0 saturated carbocycles. The van der Waals surface area contributed by atoms with Crippen molar-refractivity contribution in [2.24, 2.45) is 0 Å². The summed E-state index contributed by atoms with van der Waals surface area (Å²) in [5, 5.41) is 9.93. The number of carbonyl (C=O) groups is 1. The van der Waals surface area contributed by atoms with E-state index in [1.54, 1.807) is 27.8 Å². The van der Waals surface area contributed by atoms with E-state index in [0.717, 1.165) is 17.0 Å². The molecule has 1 N–H and O–H groups in total. The Bertz CT molecular complexity index is 513. The van der Waals surface area contributed by atoms with Crippen molar-refractivity contribution in [1.29, 1.82) is 0 Å². The monoisotopic (exact) mass is 293 g/mol. The minimum Gasteiger partial charge on any atom is -0.481 e. The van der Waals surface area contributed by atoms with Gasteiger partial charge in [-0.1, -0.05) is 35.1 Å². The molecule has 1 heterocycles. The number of nitrogens with zero attached hydrogens (tertiary/aromatic N) is 1. The van der Waals surface area contributed by atoms with Gasteiger partial charge in [-0.2, -0.15) is 0 Å². The van der Waals surface area contributed by atoms with Crippen LogP contribution in [-0.2, 0) is 4.79 Å². The number of allylic oxidation sites excluding steroid dienone is 3. The maximum absolute atomic E-state index is 10.9. The van der Waals surface area contributed by atoms with Gasteiger partial charge >= 0.3 is 5.97 Å². The van der Waals surface area contributed by atoms with Crippen LogP contribution in [-0.4, -0.2) is 20.8 Å². The quantitative estimate of drug-likeness (QED) is 0.833. The average Bonchev–Trinajstić information content (AvgIpc) is 2.40. The molecule has 5 heteroatoms. The van der Waals surface area contributed by atoms with Gasteiger partial charge in [-0.25, -0.2) is 4.98 Å². The first kappa shape index (κ1) is 14.2. The first-order valence-corrected chi connectivity index (χ1v) is 8.10. The highest BCUT2D eigenvalue weighted by Gasteiger charge is 2.31. The number of pyridine rings is 1. The van der Waals surface area contributed by atoms with Crippen LogP contribution in [0.3, 0.4) is 0 Å². The normalized spacial score (nSPS) is 22.1. The highest BCUT2D eigenvalue weighted by atomic mass is 33.1. The van der Waals surface area contributed by atoms with Gasteiger partial charge in [0.15, 0.2) is 0 Å². The molecule has 0 radical (unpaired) electrons. The van der Waals surface area contributed by atoms with Crippen molar-refractivity contribution in [3.8, 4) is 0 Å². The molecule has 0 bridgehead atoms. The van der Waals surface area contributed by atoms with Gasteiger partial charge in [-0.15, -0.1) is 0 Å². The minimum absolute atomic E-state index is 0.0939. The van der Waals surface area contributed by atoms with E-state index in [4.69, 9.17) is 5.11 Å². The fraction of sp³-hybridized carbons (Fsp3) is 0.286. The molecular formula is C14H15NO2S2. The molecule has 1 atom stereocenters.